The molecule has 0 saturated carbocycles. The number of benzene rings is 1. The topological polar surface area (TPSA) is 97.9 Å². The van der Waals surface area contributed by atoms with Gasteiger partial charge in [-0.1, -0.05) is 0 Å². The molecule has 1 aromatic heterocycles. The van der Waals surface area contributed by atoms with Crippen molar-refractivity contribution in [1.82, 2.24) is 18.5 Å². The van der Waals surface area contributed by atoms with Crippen LogP contribution in [0.4, 0.5) is 20.6 Å². The number of nitrogens with zero attached hydrogens (tertiary/aromatic N) is 4. The number of rotatable bonds is 7. The molecule has 0 radical (unpaired) electrons. The standard InChI is InChI=1S/C21H29FN6O3S/c1-15-5-6-18(12-23-15)24-21(29)25-19-10-16(9-17(22)11-19)13-28-8-7-20(14-28)27(4)32(30,31)26(2)3/h5-6,9-12,20H,7-8,13-14H2,1-4H3,(H2,24,25,29)/t20-/m0/s1. The predicted molar refractivity (Wildman–Crippen MR) is 122 cm³/mol. The minimum atomic E-state index is -3.49. The summed E-state index contributed by atoms with van der Waals surface area (Å²) in [5.41, 5.74) is 2.39. The molecule has 3 rings (SSSR count). The molecule has 1 atom stereocenters. The van der Waals surface area contributed by atoms with Crippen molar-refractivity contribution >= 4 is 27.6 Å². The predicted octanol–water partition coefficient (Wildman–Crippen LogP) is 2.49. The Balaban J connectivity index is 1.61. The molecule has 9 nitrogen and oxygen atoms in total. The lowest BCUT2D eigenvalue weighted by atomic mass is 10.2. The van der Waals surface area contributed by atoms with Crippen LogP contribution < -0.4 is 10.6 Å². The fourth-order valence-electron chi connectivity index (χ4n) is 3.61. The number of hydrogen-bond acceptors (Lipinski definition) is 5. The van der Waals surface area contributed by atoms with Gasteiger partial charge in [0.15, 0.2) is 0 Å². The molecule has 1 aliphatic heterocycles. The van der Waals surface area contributed by atoms with E-state index in [9.17, 15) is 17.6 Å². The first-order chi connectivity index (χ1) is 15.0. The Bertz CT molecular complexity index is 1060. The van der Waals surface area contributed by atoms with Crippen LogP contribution in [0.1, 0.15) is 17.7 Å². The van der Waals surface area contributed by atoms with Gasteiger partial charge in [0.05, 0.1) is 11.9 Å². The minimum Gasteiger partial charge on any atom is -0.308 e. The monoisotopic (exact) mass is 464 g/mol. The lowest BCUT2D eigenvalue weighted by Crippen LogP contribution is -2.44. The number of anilines is 2. The molecule has 0 bridgehead atoms. The van der Waals surface area contributed by atoms with E-state index in [0.717, 1.165) is 5.69 Å². The van der Waals surface area contributed by atoms with Crippen molar-refractivity contribution < 1.29 is 17.6 Å². The van der Waals surface area contributed by atoms with E-state index in [1.165, 1.54) is 34.8 Å². The Labute approximate surface area is 188 Å². The Morgan fingerprint density at radius 1 is 1.19 bits per heavy atom. The lowest BCUT2D eigenvalue weighted by molar-refractivity contribution is 0.262. The third kappa shape index (κ3) is 6.00. The van der Waals surface area contributed by atoms with Crippen molar-refractivity contribution in [2.24, 2.45) is 0 Å². The molecule has 32 heavy (non-hydrogen) atoms. The molecular formula is C21H29FN6O3S. The second-order valence-electron chi connectivity index (χ2n) is 8.10. The molecule has 1 fully saturated rings. The van der Waals surface area contributed by atoms with E-state index in [1.807, 2.05) is 6.92 Å². The van der Waals surface area contributed by atoms with Gasteiger partial charge < -0.3 is 10.6 Å². The first-order valence-electron chi connectivity index (χ1n) is 10.2. The number of hydrogen-bond donors (Lipinski definition) is 2. The molecule has 2 aromatic rings. The van der Waals surface area contributed by atoms with Gasteiger partial charge in [0.1, 0.15) is 5.82 Å². The van der Waals surface area contributed by atoms with Crippen LogP contribution >= 0.6 is 0 Å². The van der Waals surface area contributed by atoms with E-state index in [1.54, 1.807) is 31.4 Å². The van der Waals surface area contributed by atoms with Gasteiger partial charge in [-0.15, -0.1) is 0 Å². The zero-order chi connectivity index (χ0) is 23.5. The molecule has 2 heterocycles. The normalized spacial score (nSPS) is 17.2. The average molecular weight is 465 g/mol. The second kappa shape index (κ2) is 9.90. The quantitative estimate of drug-likeness (QED) is 0.656. The number of carbonyl (C=O) groups excluding carboxylic acids is 1. The molecule has 0 spiro atoms. The zero-order valence-corrected chi connectivity index (χ0v) is 19.5. The molecular weight excluding hydrogens is 435 g/mol. The molecule has 1 saturated heterocycles. The average Bonchev–Trinajstić information content (AvgIpc) is 3.16. The highest BCUT2D eigenvalue weighted by molar-refractivity contribution is 7.86. The van der Waals surface area contributed by atoms with Crippen molar-refractivity contribution in [3.63, 3.8) is 0 Å². The molecule has 0 unspecified atom stereocenters. The second-order valence-corrected chi connectivity index (χ2v) is 10.3. The summed E-state index contributed by atoms with van der Waals surface area (Å²) in [6, 6.07) is 7.24. The van der Waals surface area contributed by atoms with Crippen LogP contribution in [0.2, 0.25) is 0 Å². The van der Waals surface area contributed by atoms with Gasteiger partial charge in [0.2, 0.25) is 0 Å². The lowest BCUT2D eigenvalue weighted by Gasteiger charge is -2.27. The Morgan fingerprint density at radius 2 is 1.91 bits per heavy atom. The molecule has 2 N–H and O–H groups in total. The van der Waals surface area contributed by atoms with E-state index >= 15 is 0 Å². The highest BCUT2D eigenvalue weighted by Crippen LogP contribution is 2.22. The first kappa shape index (κ1) is 24.1. The number of aromatic nitrogens is 1. The molecule has 1 aromatic carbocycles. The summed E-state index contributed by atoms with van der Waals surface area (Å²) in [7, 11) is 1.10. The van der Waals surface area contributed by atoms with Gasteiger partial charge in [0.25, 0.3) is 10.2 Å². The number of halogens is 1. The third-order valence-electron chi connectivity index (χ3n) is 5.38. The van der Waals surface area contributed by atoms with E-state index in [4.69, 9.17) is 0 Å². The maximum absolute atomic E-state index is 14.2. The van der Waals surface area contributed by atoms with Gasteiger partial charge in [-0.2, -0.15) is 17.0 Å². The summed E-state index contributed by atoms with van der Waals surface area (Å²) in [4.78, 5) is 18.4. The van der Waals surface area contributed by atoms with Gasteiger partial charge >= 0.3 is 6.03 Å². The summed E-state index contributed by atoms with van der Waals surface area (Å²) >= 11 is 0. The summed E-state index contributed by atoms with van der Waals surface area (Å²) in [6.07, 6.45) is 2.24. The number of nitrogens with one attached hydrogen (secondary N) is 2. The minimum absolute atomic E-state index is 0.151. The van der Waals surface area contributed by atoms with E-state index in [2.05, 4.69) is 20.5 Å². The summed E-state index contributed by atoms with van der Waals surface area (Å²) < 4.78 is 41.5. The van der Waals surface area contributed by atoms with Crippen molar-refractivity contribution in [1.29, 1.82) is 0 Å². The zero-order valence-electron chi connectivity index (χ0n) is 18.7. The number of pyridine rings is 1. The van der Waals surface area contributed by atoms with Gasteiger partial charge in [0, 0.05) is 58.2 Å². The van der Waals surface area contributed by atoms with Crippen LogP contribution in [0.25, 0.3) is 0 Å². The van der Waals surface area contributed by atoms with E-state index < -0.39 is 22.1 Å². The van der Waals surface area contributed by atoms with Gasteiger partial charge in [-0.05, 0) is 49.2 Å². The maximum Gasteiger partial charge on any atom is 0.323 e. The highest BCUT2D eigenvalue weighted by atomic mass is 32.2. The van der Waals surface area contributed by atoms with Crippen molar-refractivity contribution in [3.8, 4) is 0 Å². The number of aryl methyl sites for hydroxylation is 1. The number of likely N-dealkylation sites (tertiary alicyclic amines) is 1. The van der Waals surface area contributed by atoms with Crippen LogP contribution in [-0.4, -0.2) is 73.2 Å². The Hall–Kier alpha value is -2.60. The summed E-state index contributed by atoms with van der Waals surface area (Å²) in [5, 5.41) is 5.30. The van der Waals surface area contributed by atoms with Crippen LogP contribution in [0.5, 0.6) is 0 Å². The molecule has 1 aliphatic rings. The van der Waals surface area contributed by atoms with Crippen LogP contribution in [0, 0.1) is 12.7 Å². The molecule has 0 aliphatic carbocycles. The van der Waals surface area contributed by atoms with Gasteiger partial charge in [-0.25, -0.2) is 9.18 Å². The maximum atomic E-state index is 14.2. The third-order valence-corrected chi connectivity index (χ3v) is 7.33. The summed E-state index contributed by atoms with van der Waals surface area (Å²) in [5.74, 6) is -0.460. The number of amides is 2. The smallest absolute Gasteiger partial charge is 0.308 e. The Morgan fingerprint density at radius 3 is 2.56 bits per heavy atom. The largest absolute Gasteiger partial charge is 0.323 e. The van der Waals surface area contributed by atoms with Crippen molar-refractivity contribution in [2.45, 2.75) is 25.9 Å². The number of urea groups is 1. The molecule has 174 valence electrons. The van der Waals surface area contributed by atoms with E-state index in [-0.39, 0.29) is 6.04 Å². The SMILES string of the molecule is Cc1ccc(NC(=O)Nc2cc(F)cc(CN3CC[C@H](N(C)S(=O)(=O)N(C)C)C3)c2)cn1. The van der Waals surface area contributed by atoms with Crippen LogP contribution in [0.15, 0.2) is 36.5 Å². The number of carbonyl (C=O) groups is 1. The highest BCUT2D eigenvalue weighted by Gasteiger charge is 2.33. The summed E-state index contributed by atoms with van der Waals surface area (Å²) in [6.45, 7) is 3.53. The van der Waals surface area contributed by atoms with Crippen molar-refractivity contribution in [2.75, 3.05) is 44.9 Å². The van der Waals surface area contributed by atoms with Crippen molar-refractivity contribution in [3.05, 3.63) is 53.6 Å². The molecule has 11 heteroatoms. The van der Waals surface area contributed by atoms with Gasteiger partial charge in [-0.3, -0.25) is 9.88 Å². The van der Waals surface area contributed by atoms with Crippen LogP contribution in [-0.2, 0) is 16.8 Å². The van der Waals surface area contributed by atoms with E-state index in [0.29, 0.717) is 43.0 Å². The fourth-order valence-corrected chi connectivity index (χ4v) is 4.67. The van der Waals surface area contributed by atoms with Crippen LogP contribution in [0.3, 0.4) is 0 Å². The molecule has 2 amide bonds. The number of likely N-dealkylation sites (N-methyl/N-ethyl adjacent to an activating group) is 1. The fraction of sp³-hybridized carbons (Fsp3) is 0.429. The Kier molecular flexibility index (Phi) is 7.44. The first-order valence-corrected chi connectivity index (χ1v) is 11.6.